The van der Waals surface area contributed by atoms with Crippen molar-refractivity contribution in [2.75, 3.05) is 20.1 Å². The molecule has 0 amide bonds. The first kappa shape index (κ1) is 15.9. The summed E-state index contributed by atoms with van der Waals surface area (Å²) in [6.45, 7) is 4.77. The summed E-state index contributed by atoms with van der Waals surface area (Å²) >= 11 is 0. The van der Waals surface area contributed by atoms with E-state index in [1.54, 1.807) is 4.68 Å². The zero-order chi connectivity index (χ0) is 16.2. The van der Waals surface area contributed by atoms with Crippen LogP contribution in [0.1, 0.15) is 34.6 Å². The van der Waals surface area contributed by atoms with Crippen LogP contribution in [0.3, 0.4) is 0 Å². The highest BCUT2D eigenvalue weighted by atomic mass is 16.1. The summed E-state index contributed by atoms with van der Waals surface area (Å²) in [6.07, 6.45) is 4.20. The fraction of sp³-hybridized carbons (Fsp3) is 0.500. The number of aromatic nitrogens is 3. The molecular weight excluding hydrogens is 288 g/mol. The van der Waals surface area contributed by atoms with Crippen LogP contribution in [0.25, 0.3) is 0 Å². The minimum atomic E-state index is 0.0904. The number of ketones is 1. The first-order valence-electron chi connectivity index (χ1n) is 8.30. The quantitative estimate of drug-likeness (QED) is 0.795. The first-order chi connectivity index (χ1) is 11.1. The number of carbonyl (C=O) groups is 1. The Labute approximate surface area is 137 Å². The number of benzene rings is 1. The molecule has 0 spiro atoms. The number of nitrogens with zero attached hydrogens (tertiary/aromatic N) is 4. The van der Waals surface area contributed by atoms with Crippen molar-refractivity contribution in [2.24, 2.45) is 5.92 Å². The smallest absolute Gasteiger partial charge is 0.202 e. The Bertz CT molecular complexity index is 671. The van der Waals surface area contributed by atoms with Gasteiger partial charge in [-0.1, -0.05) is 24.3 Å². The van der Waals surface area contributed by atoms with Crippen LogP contribution in [-0.2, 0) is 13.0 Å². The number of piperidine rings is 1. The lowest BCUT2D eigenvalue weighted by Gasteiger charge is -2.27. The molecule has 0 radical (unpaired) electrons. The average molecular weight is 312 g/mol. The van der Waals surface area contributed by atoms with E-state index in [0.717, 1.165) is 32.4 Å². The summed E-state index contributed by atoms with van der Waals surface area (Å²) in [6, 6.07) is 8.34. The van der Waals surface area contributed by atoms with Gasteiger partial charge in [0.25, 0.3) is 0 Å². The summed E-state index contributed by atoms with van der Waals surface area (Å²) in [5, 5.41) is 4.27. The van der Waals surface area contributed by atoms with E-state index < -0.39 is 0 Å². The van der Waals surface area contributed by atoms with E-state index in [2.05, 4.69) is 41.1 Å². The molecule has 1 fully saturated rings. The normalized spacial score (nSPS) is 16.6. The van der Waals surface area contributed by atoms with E-state index >= 15 is 0 Å². The molecule has 0 N–H and O–H groups in total. The van der Waals surface area contributed by atoms with Gasteiger partial charge in [-0.2, -0.15) is 5.10 Å². The standard InChI is InChI=1S/C18H24N4O/c1-14-5-3-4-6-15(14)9-12-22-18(19-13-20-22)17(23)16-7-10-21(2)11-8-16/h3-6,13,16H,7-12H2,1-2H3. The molecular formula is C18H24N4O. The molecule has 0 bridgehead atoms. The molecule has 0 atom stereocenters. The monoisotopic (exact) mass is 312 g/mol. The van der Waals surface area contributed by atoms with Crippen LogP contribution in [0.4, 0.5) is 0 Å². The Balaban J connectivity index is 1.67. The van der Waals surface area contributed by atoms with E-state index in [1.807, 2.05) is 12.1 Å². The summed E-state index contributed by atoms with van der Waals surface area (Å²) in [5.41, 5.74) is 2.57. The summed E-state index contributed by atoms with van der Waals surface area (Å²) in [7, 11) is 2.10. The number of Topliss-reactive ketones (excluding diaryl/α,β-unsaturated/α-hetero) is 1. The van der Waals surface area contributed by atoms with Crippen LogP contribution in [0.15, 0.2) is 30.6 Å². The largest absolute Gasteiger partial charge is 0.306 e. The highest BCUT2D eigenvalue weighted by molar-refractivity contribution is 5.94. The summed E-state index contributed by atoms with van der Waals surface area (Å²) in [5.74, 6) is 0.765. The van der Waals surface area contributed by atoms with Gasteiger partial charge in [-0.15, -0.1) is 0 Å². The third-order valence-electron chi connectivity index (χ3n) is 4.78. The lowest BCUT2D eigenvalue weighted by atomic mass is 9.92. The van der Waals surface area contributed by atoms with Crippen LogP contribution in [-0.4, -0.2) is 45.6 Å². The SMILES string of the molecule is Cc1ccccc1CCn1ncnc1C(=O)C1CCN(C)CC1. The van der Waals surface area contributed by atoms with E-state index in [1.165, 1.54) is 17.5 Å². The van der Waals surface area contributed by atoms with Crippen molar-refractivity contribution in [3.05, 3.63) is 47.5 Å². The van der Waals surface area contributed by atoms with Crippen molar-refractivity contribution in [2.45, 2.75) is 32.7 Å². The number of rotatable bonds is 5. The molecule has 1 aliphatic rings. The van der Waals surface area contributed by atoms with E-state index in [4.69, 9.17) is 0 Å². The molecule has 5 nitrogen and oxygen atoms in total. The summed E-state index contributed by atoms with van der Waals surface area (Å²) < 4.78 is 1.77. The highest BCUT2D eigenvalue weighted by Gasteiger charge is 2.27. The molecule has 2 heterocycles. The van der Waals surface area contributed by atoms with Crippen LogP contribution < -0.4 is 0 Å². The van der Waals surface area contributed by atoms with Gasteiger partial charge in [-0.05, 0) is 57.5 Å². The molecule has 5 heteroatoms. The number of hydrogen-bond donors (Lipinski definition) is 0. The lowest BCUT2D eigenvalue weighted by molar-refractivity contribution is 0.0839. The molecule has 1 aliphatic heterocycles. The Hall–Kier alpha value is -2.01. The van der Waals surface area contributed by atoms with E-state index in [0.29, 0.717) is 12.4 Å². The Morgan fingerprint density at radius 1 is 1.26 bits per heavy atom. The zero-order valence-corrected chi connectivity index (χ0v) is 13.9. The molecule has 1 aromatic carbocycles. The van der Waals surface area contributed by atoms with Gasteiger partial charge < -0.3 is 4.90 Å². The van der Waals surface area contributed by atoms with Crippen molar-refractivity contribution in [1.29, 1.82) is 0 Å². The number of carbonyl (C=O) groups excluding carboxylic acids is 1. The molecule has 1 saturated heterocycles. The van der Waals surface area contributed by atoms with Gasteiger partial charge in [0, 0.05) is 12.5 Å². The number of likely N-dealkylation sites (tertiary alicyclic amines) is 1. The lowest BCUT2D eigenvalue weighted by Crippen LogP contribution is -2.34. The van der Waals surface area contributed by atoms with Crippen molar-refractivity contribution < 1.29 is 4.79 Å². The fourth-order valence-electron chi connectivity index (χ4n) is 3.19. The van der Waals surface area contributed by atoms with Gasteiger partial charge in [0.2, 0.25) is 5.78 Å². The highest BCUT2D eigenvalue weighted by Crippen LogP contribution is 2.20. The molecule has 23 heavy (non-hydrogen) atoms. The van der Waals surface area contributed by atoms with Crippen LogP contribution >= 0.6 is 0 Å². The Morgan fingerprint density at radius 3 is 2.74 bits per heavy atom. The molecule has 1 aromatic heterocycles. The maximum atomic E-state index is 12.7. The Kier molecular flexibility index (Phi) is 4.86. The van der Waals surface area contributed by atoms with Crippen molar-refractivity contribution in [1.82, 2.24) is 19.7 Å². The number of aryl methyl sites for hydroxylation is 3. The molecule has 2 aromatic rings. The van der Waals surface area contributed by atoms with Crippen molar-refractivity contribution in [3.8, 4) is 0 Å². The molecule has 0 aliphatic carbocycles. The maximum absolute atomic E-state index is 12.7. The van der Waals surface area contributed by atoms with E-state index in [9.17, 15) is 4.79 Å². The predicted octanol–water partition coefficient (Wildman–Crippen LogP) is 2.35. The minimum Gasteiger partial charge on any atom is -0.306 e. The van der Waals surface area contributed by atoms with Gasteiger partial charge in [0.1, 0.15) is 6.33 Å². The predicted molar refractivity (Wildman–Crippen MR) is 89.5 cm³/mol. The third-order valence-corrected chi connectivity index (χ3v) is 4.78. The third kappa shape index (κ3) is 3.67. The van der Waals surface area contributed by atoms with Crippen LogP contribution in [0.2, 0.25) is 0 Å². The van der Waals surface area contributed by atoms with Gasteiger partial charge in [-0.25, -0.2) is 9.67 Å². The van der Waals surface area contributed by atoms with Gasteiger partial charge in [0.15, 0.2) is 5.82 Å². The molecule has 3 rings (SSSR count). The Morgan fingerprint density at radius 2 is 2.00 bits per heavy atom. The second kappa shape index (κ2) is 7.04. The maximum Gasteiger partial charge on any atom is 0.202 e. The van der Waals surface area contributed by atoms with Gasteiger partial charge >= 0.3 is 0 Å². The molecule has 122 valence electrons. The van der Waals surface area contributed by atoms with Gasteiger partial charge in [-0.3, -0.25) is 4.79 Å². The molecule has 0 unspecified atom stereocenters. The van der Waals surface area contributed by atoms with Crippen molar-refractivity contribution >= 4 is 5.78 Å². The van der Waals surface area contributed by atoms with Crippen LogP contribution in [0.5, 0.6) is 0 Å². The first-order valence-corrected chi connectivity index (χ1v) is 8.30. The zero-order valence-electron chi connectivity index (χ0n) is 13.9. The topological polar surface area (TPSA) is 51.0 Å². The second-order valence-electron chi connectivity index (χ2n) is 6.43. The van der Waals surface area contributed by atoms with Crippen LogP contribution in [0, 0.1) is 12.8 Å². The summed E-state index contributed by atoms with van der Waals surface area (Å²) in [4.78, 5) is 19.2. The van der Waals surface area contributed by atoms with E-state index in [-0.39, 0.29) is 11.7 Å². The molecule has 0 saturated carbocycles. The van der Waals surface area contributed by atoms with Crippen molar-refractivity contribution in [3.63, 3.8) is 0 Å². The number of hydrogen-bond acceptors (Lipinski definition) is 4. The average Bonchev–Trinajstić information content (AvgIpc) is 3.02. The second-order valence-corrected chi connectivity index (χ2v) is 6.43. The minimum absolute atomic E-state index is 0.0904. The van der Waals surface area contributed by atoms with Gasteiger partial charge in [0.05, 0.1) is 0 Å². The fourth-order valence-corrected chi connectivity index (χ4v) is 3.19.